The second kappa shape index (κ2) is 10.5. The summed E-state index contributed by atoms with van der Waals surface area (Å²) in [4.78, 5) is 19.0. The van der Waals surface area contributed by atoms with E-state index in [1.54, 1.807) is 31.2 Å². The molecule has 36 heavy (non-hydrogen) atoms. The van der Waals surface area contributed by atoms with Crippen LogP contribution in [0.1, 0.15) is 42.0 Å². The monoisotopic (exact) mass is 514 g/mol. The highest BCUT2D eigenvalue weighted by molar-refractivity contribution is 7.92. The molecule has 0 atom stereocenters. The number of ether oxygens (including phenoxy) is 1. The first-order valence-corrected chi connectivity index (χ1v) is 13.2. The summed E-state index contributed by atoms with van der Waals surface area (Å²) >= 11 is 0. The molecule has 194 valence electrons. The first kappa shape index (κ1) is 25.5. The fourth-order valence-corrected chi connectivity index (χ4v) is 4.94. The summed E-state index contributed by atoms with van der Waals surface area (Å²) in [6, 6.07) is 8.57. The van der Waals surface area contributed by atoms with E-state index in [2.05, 4.69) is 43.4 Å². The summed E-state index contributed by atoms with van der Waals surface area (Å²) < 4.78 is 33.7. The van der Waals surface area contributed by atoms with Crippen LogP contribution in [0.2, 0.25) is 0 Å². The quantitative estimate of drug-likeness (QED) is 0.302. The third kappa shape index (κ3) is 5.77. The summed E-state index contributed by atoms with van der Waals surface area (Å²) in [6.07, 6.45) is 4.40. The Morgan fingerprint density at radius 3 is 2.39 bits per heavy atom. The zero-order valence-corrected chi connectivity index (χ0v) is 21.3. The number of nitrogens with one attached hydrogen (secondary N) is 2. The number of piperidine rings is 1. The standard InChI is InChI=1S/C24H30N8O3S.2H2/c1-15(2)32-13-9-19(10-14-32)35-23-20(16(3)25)21(26)29-22(30-23)17-5-7-18(8-6-17)31-36(33,34)24-27-11-4-12-28-24;;/h4-8,11-12,15,19,25,31H,9-10,13-14H2,1-3H3,(H2,26,29,30);2*1H. The molecule has 1 fully saturated rings. The average molecular weight is 515 g/mol. The Morgan fingerprint density at radius 1 is 1.17 bits per heavy atom. The van der Waals surface area contributed by atoms with Gasteiger partial charge in [0.2, 0.25) is 5.88 Å². The minimum Gasteiger partial charge on any atom is -0.474 e. The molecular weight excluding hydrogens is 480 g/mol. The number of likely N-dealkylation sites (tertiary alicyclic amines) is 1. The average Bonchev–Trinajstić information content (AvgIpc) is 2.84. The van der Waals surface area contributed by atoms with Crippen molar-refractivity contribution in [2.45, 2.75) is 50.9 Å². The van der Waals surface area contributed by atoms with Crippen molar-refractivity contribution in [1.82, 2.24) is 24.8 Å². The maximum Gasteiger partial charge on any atom is 0.297 e. The summed E-state index contributed by atoms with van der Waals surface area (Å²) in [6.45, 7) is 7.85. The molecular formula is C24H34N8O3S. The van der Waals surface area contributed by atoms with Crippen molar-refractivity contribution < 1.29 is 16.0 Å². The van der Waals surface area contributed by atoms with Crippen molar-refractivity contribution in [2.75, 3.05) is 23.5 Å². The molecule has 0 unspecified atom stereocenters. The molecule has 12 heteroatoms. The summed E-state index contributed by atoms with van der Waals surface area (Å²) in [5, 5.41) is 7.84. The van der Waals surface area contributed by atoms with Gasteiger partial charge in [0.25, 0.3) is 15.2 Å². The molecule has 0 amide bonds. The Labute approximate surface area is 213 Å². The Hall–Kier alpha value is -3.64. The molecule has 4 rings (SSSR count). The van der Waals surface area contributed by atoms with Crippen molar-refractivity contribution in [3.05, 3.63) is 48.3 Å². The summed E-state index contributed by atoms with van der Waals surface area (Å²) in [5.41, 5.74) is 7.78. The van der Waals surface area contributed by atoms with Crippen LogP contribution in [-0.2, 0) is 10.0 Å². The van der Waals surface area contributed by atoms with Gasteiger partial charge in [0.05, 0.1) is 5.56 Å². The van der Waals surface area contributed by atoms with E-state index in [4.69, 9.17) is 15.9 Å². The van der Waals surface area contributed by atoms with Crippen LogP contribution in [0.25, 0.3) is 11.4 Å². The van der Waals surface area contributed by atoms with E-state index < -0.39 is 10.0 Å². The Morgan fingerprint density at radius 2 is 1.81 bits per heavy atom. The minimum atomic E-state index is -3.92. The molecule has 11 nitrogen and oxygen atoms in total. The normalized spacial score (nSPS) is 15.1. The largest absolute Gasteiger partial charge is 0.474 e. The van der Waals surface area contributed by atoms with Crippen LogP contribution in [0.4, 0.5) is 11.5 Å². The first-order chi connectivity index (χ1) is 17.1. The summed E-state index contributed by atoms with van der Waals surface area (Å²) in [7, 11) is -3.92. The number of nitrogens with zero attached hydrogens (tertiary/aromatic N) is 5. The van der Waals surface area contributed by atoms with Gasteiger partial charge in [0, 0.05) is 51.3 Å². The maximum atomic E-state index is 12.5. The number of sulfonamides is 1. The molecule has 4 N–H and O–H groups in total. The van der Waals surface area contributed by atoms with Crippen molar-refractivity contribution in [1.29, 1.82) is 5.41 Å². The van der Waals surface area contributed by atoms with E-state index in [1.165, 1.54) is 18.5 Å². The smallest absolute Gasteiger partial charge is 0.297 e. The molecule has 1 aliphatic rings. The molecule has 0 radical (unpaired) electrons. The van der Waals surface area contributed by atoms with E-state index in [9.17, 15) is 8.42 Å². The zero-order chi connectivity index (χ0) is 25.9. The second-order valence-corrected chi connectivity index (χ2v) is 10.5. The topological polar surface area (TPSA) is 160 Å². The lowest BCUT2D eigenvalue weighted by atomic mass is 10.1. The molecule has 0 bridgehead atoms. The number of benzene rings is 1. The first-order valence-electron chi connectivity index (χ1n) is 11.7. The summed E-state index contributed by atoms with van der Waals surface area (Å²) in [5.74, 6) is 0.778. The predicted octanol–water partition coefficient (Wildman–Crippen LogP) is 3.45. The number of rotatable bonds is 8. The third-order valence-electron chi connectivity index (χ3n) is 5.94. The number of nitrogens with two attached hydrogens (primary N) is 1. The van der Waals surface area contributed by atoms with Crippen LogP contribution in [-0.4, -0.2) is 64.2 Å². The SMILES string of the molecule is CC(=N)c1c(N)nc(-c2ccc(NS(=O)(=O)c3ncccn3)cc2)nc1OC1CCN(C(C)C)CC1.[HH].[HH]. The molecule has 3 heterocycles. The molecule has 0 aliphatic carbocycles. The molecule has 0 saturated carbocycles. The molecule has 1 saturated heterocycles. The third-order valence-corrected chi connectivity index (χ3v) is 7.14. The number of anilines is 2. The van der Waals surface area contributed by atoms with Crippen molar-refractivity contribution >= 4 is 27.2 Å². The number of hydrogen-bond acceptors (Lipinski definition) is 10. The lowest BCUT2D eigenvalue weighted by molar-refractivity contribution is 0.0812. The van der Waals surface area contributed by atoms with E-state index in [0.717, 1.165) is 25.9 Å². The maximum absolute atomic E-state index is 12.5. The van der Waals surface area contributed by atoms with Crippen LogP contribution in [0.15, 0.2) is 47.9 Å². The van der Waals surface area contributed by atoms with Gasteiger partial charge in [-0.2, -0.15) is 13.4 Å². The molecule has 2 aromatic heterocycles. The fraction of sp³-hybridized carbons (Fsp3) is 0.375. The van der Waals surface area contributed by atoms with E-state index in [1.807, 2.05) is 0 Å². The van der Waals surface area contributed by atoms with Crippen LogP contribution >= 0.6 is 0 Å². The van der Waals surface area contributed by atoms with Gasteiger partial charge >= 0.3 is 0 Å². The highest BCUT2D eigenvalue weighted by Crippen LogP contribution is 2.29. The highest BCUT2D eigenvalue weighted by atomic mass is 32.2. The van der Waals surface area contributed by atoms with E-state index >= 15 is 0 Å². The fourth-order valence-electron chi connectivity index (χ4n) is 4.00. The second-order valence-electron chi connectivity index (χ2n) is 8.90. The Balaban J connectivity index is 0.00000253. The van der Waals surface area contributed by atoms with Crippen LogP contribution < -0.4 is 15.2 Å². The van der Waals surface area contributed by atoms with E-state index in [0.29, 0.717) is 34.6 Å². The van der Waals surface area contributed by atoms with Crippen LogP contribution in [0, 0.1) is 5.41 Å². The zero-order valence-electron chi connectivity index (χ0n) is 20.5. The Kier molecular flexibility index (Phi) is 7.45. The highest BCUT2D eigenvalue weighted by Gasteiger charge is 2.25. The van der Waals surface area contributed by atoms with Gasteiger partial charge in [-0.1, -0.05) is 0 Å². The lowest BCUT2D eigenvalue weighted by Crippen LogP contribution is -2.42. The lowest BCUT2D eigenvalue weighted by Gasteiger charge is -2.34. The van der Waals surface area contributed by atoms with Crippen molar-refractivity contribution in [2.24, 2.45) is 0 Å². The number of aromatic nitrogens is 4. The predicted molar refractivity (Wildman–Crippen MR) is 142 cm³/mol. The van der Waals surface area contributed by atoms with Gasteiger partial charge in [0.1, 0.15) is 11.9 Å². The minimum absolute atomic E-state index is 0. The van der Waals surface area contributed by atoms with Crippen molar-refractivity contribution in [3.8, 4) is 17.3 Å². The number of nitrogen functional groups attached to an aromatic ring is 1. The molecule has 0 spiro atoms. The number of hydrogen-bond donors (Lipinski definition) is 3. The van der Waals surface area contributed by atoms with Crippen molar-refractivity contribution in [3.63, 3.8) is 0 Å². The Bertz CT molecular complexity index is 1330. The van der Waals surface area contributed by atoms with Gasteiger partial charge in [-0.15, -0.1) is 0 Å². The van der Waals surface area contributed by atoms with E-state index in [-0.39, 0.29) is 25.6 Å². The van der Waals surface area contributed by atoms with Gasteiger partial charge in [0.15, 0.2) is 5.82 Å². The molecule has 1 aromatic carbocycles. The van der Waals surface area contributed by atoms with Gasteiger partial charge < -0.3 is 20.8 Å². The van der Waals surface area contributed by atoms with Crippen LogP contribution in [0.3, 0.4) is 0 Å². The van der Waals surface area contributed by atoms with Crippen LogP contribution in [0.5, 0.6) is 5.88 Å². The van der Waals surface area contributed by atoms with Gasteiger partial charge in [-0.05, 0) is 63.9 Å². The molecule has 3 aromatic rings. The van der Waals surface area contributed by atoms with Gasteiger partial charge in [-0.3, -0.25) is 4.72 Å². The van der Waals surface area contributed by atoms with Gasteiger partial charge in [-0.25, -0.2) is 15.0 Å². The molecule has 1 aliphatic heterocycles.